The van der Waals surface area contributed by atoms with Gasteiger partial charge in [-0.2, -0.15) is 0 Å². The smallest absolute Gasteiger partial charge is 0.251 e. The van der Waals surface area contributed by atoms with Gasteiger partial charge in [-0.3, -0.25) is 4.79 Å². The molecule has 3 heterocycles. The molecule has 0 radical (unpaired) electrons. The predicted molar refractivity (Wildman–Crippen MR) is 106 cm³/mol. The topological polar surface area (TPSA) is 53.6 Å². The summed E-state index contributed by atoms with van der Waals surface area (Å²) in [6.45, 7) is 8.29. The van der Waals surface area contributed by atoms with Crippen molar-refractivity contribution in [2.75, 3.05) is 44.3 Å². The number of hydrogen-bond donors (Lipinski definition) is 2. The van der Waals surface area contributed by atoms with Gasteiger partial charge in [-0.05, 0) is 82.3 Å². The monoisotopic (exact) mass is 359 g/mol. The molecule has 3 aliphatic heterocycles. The molecular weight excluding hydrogens is 326 g/mol. The largest absolute Gasteiger partial charge is 0.381 e. The fourth-order valence-electron chi connectivity index (χ4n) is 3.80. The van der Waals surface area contributed by atoms with Gasteiger partial charge >= 0.3 is 0 Å². The van der Waals surface area contributed by atoms with E-state index in [1.54, 1.807) is 0 Å². The van der Waals surface area contributed by atoms with Crippen LogP contribution in [0.2, 0.25) is 0 Å². The molecule has 5 nitrogen and oxygen atoms in total. The van der Waals surface area contributed by atoms with Crippen LogP contribution in [0, 0.1) is 6.92 Å². The summed E-state index contributed by atoms with van der Waals surface area (Å²) >= 11 is 0. The van der Waals surface area contributed by atoms with Crippen molar-refractivity contribution in [3.63, 3.8) is 0 Å². The lowest BCUT2D eigenvalue weighted by Crippen LogP contribution is -2.39. The zero-order valence-corrected chi connectivity index (χ0v) is 16.1. The molecule has 144 valence electrons. The van der Waals surface area contributed by atoms with Gasteiger partial charge in [0.15, 0.2) is 0 Å². The second kappa shape index (κ2) is 9.93. The van der Waals surface area contributed by atoms with Crippen molar-refractivity contribution >= 4 is 11.6 Å². The second-order valence-corrected chi connectivity index (χ2v) is 7.51. The van der Waals surface area contributed by atoms with Crippen molar-refractivity contribution in [3.8, 4) is 0 Å². The van der Waals surface area contributed by atoms with Crippen molar-refractivity contribution < 1.29 is 9.53 Å². The molecule has 0 saturated carbocycles. The molecule has 5 heteroatoms. The van der Waals surface area contributed by atoms with E-state index in [4.69, 9.17) is 4.74 Å². The van der Waals surface area contributed by atoms with Crippen LogP contribution in [0.15, 0.2) is 18.2 Å². The first-order valence-electron chi connectivity index (χ1n) is 10.2. The maximum absolute atomic E-state index is 12.4. The van der Waals surface area contributed by atoms with Crippen molar-refractivity contribution in [1.29, 1.82) is 0 Å². The van der Waals surface area contributed by atoms with Gasteiger partial charge in [0.05, 0.1) is 0 Å². The fraction of sp³-hybridized carbons (Fsp3) is 0.667. The molecule has 3 fully saturated rings. The van der Waals surface area contributed by atoms with Gasteiger partial charge in [0.2, 0.25) is 0 Å². The summed E-state index contributed by atoms with van der Waals surface area (Å²) in [6.07, 6.45) is 7.14. The minimum absolute atomic E-state index is 0.0485. The summed E-state index contributed by atoms with van der Waals surface area (Å²) in [6, 6.07) is 6.45. The second-order valence-electron chi connectivity index (χ2n) is 7.51. The molecule has 0 aromatic heterocycles. The Balaban J connectivity index is 0.000000339. The van der Waals surface area contributed by atoms with Gasteiger partial charge in [-0.15, -0.1) is 0 Å². The van der Waals surface area contributed by atoms with E-state index in [9.17, 15) is 4.79 Å². The summed E-state index contributed by atoms with van der Waals surface area (Å²) < 4.78 is 5.33. The Morgan fingerprint density at radius 1 is 1.12 bits per heavy atom. The van der Waals surface area contributed by atoms with E-state index < -0.39 is 0 Å². The predicted octanol–water partition coefficient (Wildman–Crippen LogP) is 2.87. The Labute approximate surface area is 157 Å². The van der Waals surface area contributed by atoms with Crippen molar-refractivity contribution in [2.45, 2.75) is 51.5 Å². The van der Waals surface area contributed by atoms with Gasteiger partial charge in [-0.25, -0.2) is 0 Å². The number of hydrogen-bond acceptors (Lipinski definition) is 4. The molecule has 3 saturated heterocycles. The zero-order chi connectivity index (χ0) is 18.2. The molecule has 0 atom stereocenters. The minimum atomic E-state index is 0.0485. The average molecular weight is 360 g/mol. The number of benzene rings is 1. The summed E-state index contributed by atoms with van der Waals surface area (Å²) in [5, 5.41) is 6.35. The Hall–Kier alpha value is -1.59. The van der Waals surface area contributed by atoms with Crippen LogP contribution >= 0.6 is 0 Å². The zero-order valence-electron chi connectivity index (χ0n) is 16.1. The molecule has 0 bridgehead atoms. The molecule has 26 heavy (non-hydrogen) atoms. The van der Waals surface area contributed by atoms with Crippen molar-refractivity contribution in [2.24, 2.45) is 0 Å². The fourth-order valence-corrected chi connectivity index (χ4v) is 3.80. The minimum Gasteiger partial charge on any atom is -0.381 e. The van der Waals surface area contributed by atoms with Crippen LogP contribution in [0.5, 0.6) is 0 Å². The number of nitrogens with one attached hydrogen (secondary N) is 2. The number of amides is 1. The first kappa shape index (κ1) is 19.2. The standard InChI is InChI=1S/C17H24N2O2.C4H9N/c1-13-12-15(19-8-2-3-9-19)4-5-16(13)17(20)18-14-6-10-21-11-7-14;1-2-4-5-3-1/h4-5,12,14H,2-3,6-11H2,1H3,(H,18,20);5H,1-4H2. The molecule has 0 spiro atoms. The first-order chi connectivity index (χ1) is 12.7. The number of rotatable bonds is 3. The third kappa shape index (κ3) is 5.45. The van der Waals surface area contributed by atoms with Gasteiger partial charge in [0.1, 0.15) is 0 Å². The summed E-state index contributed by atoms with van der Waals surface area (Å²) in [4.78, 5) is 14.8. The Morgan fingerprint density at radius 2 is 1.81 bits per heavy atom. The molecule has 1 amide bonds. The lowest BCUT2D eigenvalue weighted by molar-refractivity contribution is 0.0696. The van der Waals surface area contributed by atoms with E-state index >= 15 is 0 Å². The Kier molecular flexibility index (Phi) is 7.32. The van der Waals surface area contributed by atoms with Gasteiger partial charge in [0, 0.05) is 43.6 Å². The van der Waals surface area contributed by atoms with Gasteiger partial charge < -0.3 is 20.3 Å². The lowest BCUT2D eigenvalue weighted by Gasteiger charge is -2.24. The van der Waals surface area contributed by atoms with E-state index in [-0.39, 0.29) is 11.9 Å². The van der Waals surface area contributed by atoms with Crippen LogP contribution in [0.25, 0.3) is 0 Å². The number of anilines is 1. The molecule has 1 aromatic carbocycles. The average Bonchev–Trinajstić information content (AvgIpc) is 3.39. The Morgan fingerprint density at radius 3 is 2.38 bits per heavy atom. The van der Waals surface area contributed by atoms with E-state index in [1.165, 1.54) is 44.5 Å². The highest BCUT2D eigenvalue weighted by atomic mass is 16.5. The number of carbonyl (C=O) groups excluding carboxylic acids is 1. The van der Waals surface area contributed by atoms with Crippen LogP contribution in [-0.4, -0.2) is 51.3 Å². The summed E-state index contributed by atoms with van der Waals surface area (Å²) in [5.74, 6) is 0.0485. The first-order valence-corrected chi connectivity index (χ1v) is 10.2. The highest BCUT2D eigenvalue weighted by Crippen LogP contribution is 2.23. The number of carbonyl (C=O) groups is 1. The molecule has 0 unspecified atom stereocenters. The van der Waals surface area contributed by atoms with E-state index in [2.05, 4.69) is 27.7 Å². The third-order valence-corrected chi connectivity index (χ3v) is 5.44. The molecule has 1 aromatic rings. The van der Waals surface area contributed by atoms with Crippen LogP contribution < -0.4 is 15.5 Å². The highest BCUT2D eigenvalue weighted by molar-refractivity contribution is 5.96. The van der Waals surface area contributed by atoms with Crippen LogP contribution in [0.3, 0.4) is 0 Å². The molecule has 4 rings (SSSR count). The molecule has 2 N–H and O–H groups in total. The normalized spacial score (nSPS) is 20.6. The molecule has 3 aliphatic rings. The number of ether oxygens (including phenoxy) is 1. The maximum Gasteiger partial charge on any atom is 0.251 e. The van der Waals surface area contributed by atoms with Gasteiger partial charge in [0.25, 0.3) is 5.91 Å². The third-order valence-electron chi connectivity index (χ3n) is 5.44. The van der Waals surface area contributed by atoms with Crippen LogP contribution in [0.1, 0.15) is 54.4 Å². The summed E-state index contributed by atoms with van der Waals surface area (Å²) in [7, 11) is 0. The SMILES string of the molecule is C1CCNC1.Cc1cc(N2CCCC2)ccc1C(=O)NC1CCOCC1. The van der Waals surface area contributed by atoms with E-state index in [0.717, 1.165) is 50.3 Å². The maximum atomic E-state index is 12.4. The van der Waals surface area contributed by atoms with Crippen molar-refractivity contribution in [3.05, 3.63) is 29.3 Å². The summed E-state index contributed by atoms with van der Waals surface area (Å²) in [5.41, 5.74) is 3.10. The quantitative estimate of drug-likeness (QED) is 0.871. The molecule has 0 aliphatic carbocycles. The van der Waals surface area contributed by atoms with E-state index in [1.807, 2.05) is 13.0 Å². The van der Waals surface area contributed by atoms with Gasteiger partial charge in [-0.1, -0.05) is 0 Å². The lowest BCUT2D eigenvalue weighted by atomic mass is 10.0. The van der Waals surface area contributed by atoms with Crippen LogP contribution in [-0.2, 0) is 4.74 Å². The highest BCUT2D eigenvalue weighted by Gasteiger charge is 2.19. The van der Waals surface area contributed by atoms with Crippen LogP contribution in [0.4, 0.5) is 5.69 Å². The number of nitrogens with zero attached hydrogens (tertiary/aromatic N) is 1. The Bertz CT molecular complexity index is 567. The van der Waals surface area contributed by atoms with E-state index in [0.29, 0.717) is 0 Å². The molecular formula is C21H33N3O2. The van der Waals surface area contributed by atoms with Crippen molar-refractivity contribution in [1.82, 2.24) is 10.6 Å². The number of aryl methyl sites for hydroxylation is 1.